The molecule has 0 fully saturated rings. The van der Waals surface area contributed by atoms with E-state index >= 15 is 0 Å². The Morgan fingerprint density at radius 1 is 1.25 bits per heavy atom. The third-order valence-corrected chi connectivity index (χ3v) is 3.99. The molecule has 1 heterocycles. The maximum absolute atomic E-state index is 11.6. The quantitative estimate of drug-likeness (QED) is 0.696. The van der Waals surface area contributed by atoms with Crippen molar-refractivity contribution in [3.63, 3.8) is 0 Å². The largest absolute Gasteiger partial charge is 0.497 e. The van der Waals surface area contributed by atoms with Crippen LogP contribution in [0.25, 0.3) is 0 Å². The lowest BCUT2D eigenvalue weighted by molar-refractivity contribution is 0.365. The molecule has 3 rings (SSSR count). The molecular weight excluding hydrogens is 304 g/mol. The van der Waals surface area contributed by atoms with Gasteiger partial charge in [-0.2, -0.15) is 15.3 Å². The molecule has 6 heteroatoms. The van der Waals surface area contributed by atoms with Crippen LogP contribution in [0.3, 0.4) is 0 Å². The average molecular weight is 324 g/mol. The fourth-order valence-electron chi connectivity index (χ4n) is 2.82. The summed E-state index contributed by atoms with van der Waals surface area (Å²) in [5.41, 5.74) is 3.20. The Labute approximate surface area is 140 Å². The van der Waals surface area contributed by atoms with Gasteiger partial charge in [-0.1, -0.05) is 13.8 Å². The first kappa shape index (κ1) is 16.1. The molecule has 1 aliphatic rings. The molecule has 0 unspecified atom stereocenters. The maximum Gasteiger partial charge on any atom is 0.264 e. The van der Waals surface area contributed by atoms with E-state index in [0.717, 1.165) is 41.1 Å². The highest BCUT2D eigenvalue weighted by molar-refractivity contribution is 6.03. The third-order valence-electron chi connectivity index (χ3n) is 3.99. The fraction of sp³-hybridized carbons (Fsp3) is 0.333. The summed E-state index contributed by atoms with van der Waals surface area (Å²) in [6.07, 6.45) is 3.25. The van der Waals surface area contributed by atoms with E-state index in [2.05, 4.69) is 34.2 Å². The van der Waals surface area contributed by atoms with Crippen molar-refractivity contribution in [1.82, 2.24) is 10.2 Å². The number of ether oxygens (including phenoxy) is 1. The minimum atomic E-state index is -0.222. The zero-order valence-electron chi connectivity index (χ0n) is 14.0. The molecule has 124 valence electrons. The number of aromatic nitrogens is 2. The molecular formula is C18H20N4O2. The van der Waals surface area contributed by atoms with Gasteiger partial charge in [-0.3, -0.25) is 4.79 Å². The molecule has 0 spiro atoms. The first-order valence-corrected chi connectivity index (χ1v) is 7.80. The SMILES string of the molecule is COc1ccc(/C=N/N=C2\CC(C)(C)Cc3n[nH]c(=O)cc32)cc1. The van der Waals surface area contributed by atoms with E-state index in [-0.39, 0.29) is 11.0 Å². The summed E-state index contributed by atoms with van der Waals surface area (Å²) >= 11 is 0. The van der Waals surface area contributed by atoms with E-state index in [1.165, 1.54) is 0 Å². The molecule has 0 amide bonds. The number of benzene rings is 1. The van der Waals surface area contributed by atoms with Gasteiger partial charge in [0.05, 0.1) is 24.7 Å². The second kappa shape index (κ2) is 6.39. The van der Waals surface area contributed by atoms with Gasteiger partial charge >= 0.3 is 0 Å². The highest BCUT2D eigenvalue weighted by Gasteiger charge is 2.31. The second-order valence-corrected chi connectivity index (χ2v) is 6.67. The first-order valence-electron chi connectivity index (χ1n) is 7.80. The van der Waals surface area contributed by atoms with E-state index in [1.807, 2.05) is 24.3 Å². The Morgan fingerprint density at radius 2 is 2.00 bits per heavy atom. The van der Waals surface area contributed by atoms with Crippen molar-refractivity contribution in [1.29, 1.82) is 0 Å². The van der Waals surface area contributed by atoms with Crippen LogP contribution in [0.2, 0.25) is 0 Å². The van der Waals surface area contributed by atoms with Gasteiger partial charge in [-0.15, -0.1) is 0 Å². The summed E-state index contributed by atoms with van der Waals surface area (Å²) < 4.78 is 5.13. The second-order valence-electron chi connectivity index (χ2n) is 6.67. The predicted molar refractivity (Wildman–Crippen MR) is 94.1 cm³/mol. The average Bonchev–Trinajstić information content (AvgIpc) is 2.55. The molecule has 0 aliphatic heterocycles. The van der Waals surface area contributed by atoms with E-state index < -0.39 is 0 Å². The van der Waals surface area contributed by atoms with Crippen molar-refractivity contribution in [3.8, 4) is 5.75 Å². The highest BCUT2D eigenvalue weighted by atomic mass is 16.5. The topological polar surface area (TPSA) is 79.7 Å². The number of hydrogen-bond donors (Lipinski definition) is 1. The lowest BCUT2D eigenvalue weighted by Crippen LogP contribution is -2.30. The zero-order chi connectivity index (χ0) is 17.2. The molecule has 0 bridgehead atoms. The van der Waals surface area contributed by atoms with Gasteiger partial charge in [-0.05, 0) is 48.1 Å². The molecule has 24 heavy (non-hydrogen) atoms. The first-order chi connectivity index (χ1) is 11.5. The normalized spacial score (nSPS) is 17.9. The van der Waals surface area contributed by atoms with Gasteiger partial charge in [0.1, 0.15) is 5.75 Å². The van der Waals surface area contributed by atoms with Crippen molar-refractivity contribution in [3.05, 3.63) is 57.5 Å². The van der Waals surface area contributed by atoms with Crippen LogP contribution < -0.4 is 10.3 Å². The smallest absolute Gasteiger partial charge is 0.264 e. The monoisotopic (exact) mass is 324 g/mol. The lowest BCUT2D eigenvalue weighted by Gasteiger charge is -2.30. The standard InChI is InChI=1S/C18H20N4O2/c1-18(2)9-15(14-8-17(23)22-21-16(14)10-18)20-19-11-12-4-6-13(24-3)7-5-12/h4-8,11H,9-10H2,1-3H3,(H,22,23)/b19-11+,20-15+. The molecule has 0 radical (unpaired) electrons. The highest BCUT2D eigenvalue weighted by Crippen LogP contribution is 2.33. The van der Waals surface area contributed by atoms with Gasteiger partial charge in [-0.25, -0.2) is 5.10 Å². The van der Waals surface area contributed by atoms with Crippen LogP contribution in [0.15, 0.2) is 45.3 Å². The zero-order valence-corrected chi connectivity index (χ0v) is 14.0. The molecule has 1 aliphatic carbocycles. The number of rotatable bonds is 3. The lowest BCUT2D eigenvalue weighted by atomic mass is 9.75. The molecule has 6 nitrogen and oxygen atoms in total. The van der Waals surface area contributed by atoms with Gasteiger partial charge in [0.25, 0.3) is 5.56 Å². The molecule has 0 saturated heterocycles. The number of nitrogens with zero attached hydrogens (tertiary/aromatic N) is 3. The van der Waals surface area contributed by atoms with Crippen LogP contribution in [-0.2, 0) is 6.42 Å². The minimum Gasteiger partial charge on any atom is -0.497 e. The number of fused-ring (bicyclic) bond motifs is 1. The van der Waals surface area contributed by atoms with Crippen molar-refractivity contribution < 1.29 is 4.74 Å². The molecule has 1 aromatic heterocycles. The Hall–Kier alpha value is -2.76. The van der Waals surface area contributed by atoms with Crippen LogP contribution in [0, 0.1) is 5.41 Å². The van der Waals surface area contributed by atoms with Gasteiger partial charge < -0.3 is 4.74 Å². The maximum atomic E-state index is 11.6. The van der Waals surface area contributed by atoms with Crippen LogP contribution in [0.5, 0.6) is 5.75 Å². The van der Waals surface area contributed by atoms with Crippen molar-refractivity contribution in [2.75, 3.05) is 7.11 Å². The summed E-state index contributed by atoms with van der Waals surface area (Å²) in [6, 6.07) is 9.12. The summed E-state index contributed by atoms with van der Waals surface area (Å²) in [5.74, 6) is 0.798. The van der Waals surface area contributed by atoms with E-state index in [0.29, 0.717) is 0 Å². The Balaban J connectivity index is 1.89. The summed E-state index contributed by atoms with van der Waals surface area (Å²) in [7, 11) is 1.63. The van der Waals surface area contributed by atoms with Gasteiger partial charge in [0, 0.05) is 11.6 Å². The Bertz CT molecular complexity index is 848. The molecule has 1 aromatic carbocycles. The fourth-order valence-corrected chi connectivity index (χ4v) is 2.82. The third kappa shape index (κ3) is 3.59. The van der Waals surface area contributed by atoms with Crippen LogP contribution in [-0.4, -0.2) is 29.2 Å². The number of hydrogen-bond acceptors (Lipinski definition) is 5. The number of aromatic amines is 1. The van der Waals surface area contributed by atoms with E-state index in [1.54, 1.807) is 19.4 Å². The van der Waals surface area contributed by atoms with E-state index in [4.69, 9.17) is 4.74 Å². The summed E-state index contributed by atoms with van der Waals surface area (Å²) in [4.78, 5) is 11.6. The van der Waals surface area contributed by atoms with Gasteiger partial charge in [0.15, 0.2) is 0 Å². The van der Waals surface area contributed by atoms with Crippen LogP contribution in [0.1, 0.15) is 37.1 Å². The van der Waals surface area contributed by atoms with Crippen LogP contribution >= 0.6 is 0 Å². The number of methoxy groups -OCH3 is 1. The molecule has 2 aromatic rings. The Morgan fingerprint density at radius 3 is 2.71 bits per heavy atom. The van der Waals surface area contributed by atoms with E-state index in [9.17, 15) is 4.79 Å². The minimum absolute atomic E-state index is 0.0344. The summed E-state index contributed by atoms with van der Waals surface area (Å²) in [5, 5.41) is 15.2. The number of H-pyrrole nitrogens is 1. The van der Waals surface area contributed by atoms with Crippen molar-refractivity contribution in [2.45, 2.75) is 26.7 Å². The predicted octanol–water partition coefficient (Wildman–Crippen LogP) is 2.57. The molecule has 1 N–H and O–H groups in total. The Kier molecular flexibility index (Phi) is 4.29. The summed E-state index contributed by atoms with van der Waals surface area (Å²) in [6.45, 7) is 4.32. The molecule has 0 saturated carbocycles. The van der Waals surface area contributed by atoms with Crippen molar-refractivity contribution in [2.24, 2.45) is 15.6 Å². The number of nitrogens with one attached hydrogen (secondary N) is 1. The van der Waals surface area contributed by atoms with Crippen molar-refractivity contribution >= 4 is 11.9 Å². The molecule has 0 atom stereocenters. The van der Waals surface area contributed by atoms with Crippen LogP contribution in [0.4, 0.5) is 0 Å². The van der Waals surface area contributed by atoms with Gasteiger partial charge in [0.2, 0.25) is 0 Å².